The van der Waals surface area contributed by atoms with Crippen molar-refractivity contribution in [1.82, 2.24) is 9.97 Å². The summed E-state index contributed by atoms with van der Waals surface area (Å²) in [5, 5.41) is 6.18. The second-order valence-electron chi connectivity index (χ2n) is 5.51. The van der Waals surface area contributed by atoms with Crippen LogP contribution in [0, 0.1) is 0 Å². The number of fused-ring (bicyclic) bond motifs is 1. The van der Waals surface area contributed by atoms with E-state index in [0.29, 0.717) is 5.15 Å². The quantitative estimate of drug-likeness (QED) is 0.631. The van der Waals surface area contributed by atoms with Gasteiger partial charge in [0, 0.05) is 18.2 Å². The molecule has 5 heteroatoms. The third-order valence-electron chi connectivity index (χ3n) is 3.77. The molecule has 0 atom stereocenters. The summed E-state index contributed by atoms with van der Waals surface area (Å²) >= 11 is 5.89. The normalized spacial score (nSPS) is 10.8. The Morgan fingerprint density at radius 3 is 2.83 bits per heavy atom. The Bertz CT molecular complexity index is 823. The van der Waals surface area contributed by atoms with Crippen LogP contribution < -0.4 is 10.1 Å². The Balaban J connectivity index is 1.80. The van der Waals surface area contributed by atoms with Crippen LogP contribution >= 0.6 is 11.6 Å². The smallest absolute Gasteiger partial charge is 0.134 e. The van der Waals surface area contributed by atoms with Crippen molar-refractivity contribution in [2.24, 2.45) is 0 Å². The van der Waals surface area contributed by atoms with E-state index in [4.69, 9.17) is 16.3 Å². The van der Waals surface area contributed by atoms with Crippen LogP contribution in [-0.4, -0.2) is 23.1 Å². The summed E-state index contributed by atoms with van der Waals surface area (Å²) in [4.78, 5) is 8.06. The first kappa shape index (κ1) is 16.5. The molecule has 1 aromatic heterocycles. The first-order valence-electron chi connectivity index (χ1n) is 8.12. The maximum atomic E-state index is 5.94. The number of rotatable bonds is 7. The van der Waals surface area contributed by atoms with Gasteiger partial charge in [0.15, 0.2) is 0 Å². The highest BCUT2D eigenvalue weighted by Crippen LogP contribution is 2.29. The average molecular weight is 342 g/mol. The van der Waals surface area contributed by atoms with E-state index < -0.39 is 0 Å². The van der Waals surface area contributed by atoms with Gasteiger partial charge in [-0.3, -0.25) is 0 Å². The van der Waals surface area contributed by atoms with Crippen molar-refractivity contribution in [2.75, 3.05) is 18.5 Å². The number of benzene rings is 2. The fourth-order valence-electron chi connectivity index (χ4n) is 2.67. The molecule has 3 aromatic rings. The van der Waals surface area contributed by atoms with Gasteiger partial charge >= 0.3 is 0 Å². The summed E-state index contributed by atoms with van der Waals surface area (Å²) in [6.45, 7) is 3.57. The highest BCUT2D eigenvalue weighted by molar-refractivity contribution is 6.29. The van der Waals surface area contributed by atoms with Gasteiger partial charge in [-0.15, -0.1) is 0 Å². The Morgan fingerprint density at radius 1 is 1.12 bits per heavy atom. The fraction of sp³-hybridized carbons (Fsp3) is 0.263. The molecule has 0 amide bonds. The second kappa shape index (κ2) is 7.97. The van der Waals surface area contributed by atoms with Gasteiger partial charge in [0.1, 0.15) is 23.0 Å². The fourth-order valence-corrected chi connectivity index (χ4v) is 2.81. The van der Waals surface area contributed by atoms with Crippen LogP contribution in [0.3, 0.4) is 0 Å². The molecular formula is C19H20ClN3O. The van der Waals surface area contributed by atoms with E-state index in [1.54, 1.807) is 6.07 Å². The van der Waals surface area contributed by atoms with Crippen molar-refractivity contribution in [2.45, 2.75) is 19.8 Å². The SMILES string of the molecule is CCCOc1ccc2ccccc2c1CCNc1cc(Cl)ncn1. The van der Waals surface area contributed by atoms with Crippen LogP contribution in [-0.2, 0) is 6.42 Å². The number of nitrogens with one attached hydrogen (secondary N) is 1. The van der Waals surface area contributed by atoms with Gasteiger partial charge in [-0.1, -0.05) is 48.9 Å². The summed E-state index contributed by atoms with van der Waals surface area (Å²) in [6.07, 6.45) is 3.28. The first-order valence-corrected chi connectivity index (χ1v) is 8.50. The van der Waals surface area contributed by atoms with Gasteiger partial charge in [-0.25, -0.2) is 9.97 Å². The number of hydrogen-bond acceptors (Lipinski definition) is 4. The molecule has 0 spiro atoms. The van der Waals surface area contributed by atoms with E-state index in [-0.39, 0.29) is 0 Å². The number of aromatic nitrogens is 2. The van der Waals surface area contributed by atoms with E-state index in [1.807, 2.05) is 0 Å². The molecule has 0 aliphatic rings. The molecule has 0 fully saturated rings. The largest absolute Gasteiger partial charge is 0.493 e. The minimum absolute atomic E-state index is 0.435. The van der Waals surface area contributed by atoms with Gasteiger partial charge in [0.25, 0.3) is 0 Å². The lowest BCUT2D eigenvalue weighted by Gasteiger charge is -2.14. The molecule has 0 radical (unpaired) electrons. The summed E-state index contributed by atoms with van der Waals surface area (Å²) in [5.74, 6) is 1.68. The molecular weight excluding hydrogens is 322 g/mol. The Kier molecular flexibility index (Phi) is 5.49. The molecule has 0 saturated carbocycles. The number of nitrogens with zero attached hydrogens (tertiary/aromatic N) is 2. The molecule has 0 bridgehead atoms. The van der Waals surface area contributed by atoms with Crippen LogP contribution in [0.15, 0.2) is 48.8 Å². The van der Waals surface area contributed by atoms with Crippen molar-refractivity contribution in [3.63, 3.8) is 0 Å². The van der Waals surface area contributed by atoms with Gasteiger partial charge in [-0.2, -0.15) is 0 Å². The van der Waals surface area contributed by atoms with Gasteiger partial charge in [0.2, 0.25) is 0 Å². The molecule has 0 aliphatic heterocycles. The van der Waals surface area contributed by atoms with Crippen molar-refractivity contribution in [3.05, 3.63) is 59.5 Å². The monoisotopic (exact) mass is 341 g/mol. The Hall–Kier alpha value is -2.33. The lowest BCUT2D eigenvalue weighted by atomic mass is 10.0. The summed E-state index contributed by atoms with van der Waals surface area (Å²) in [5.41, 5.74) is 1.22. The van der Waals surface area contributed by atoms with Crippen molar-refractivity contribution < 1.29 is 4.74 Å². The highest BCUT2D eigenvalue weighted by atomic mass is 35.5. The molecule has 4 nitrogen and oxygen atoms in total. The van der Waals surface area contributed by atoms with Crippen LogP contribution in [0.5, 0.6) is 5.75 Å². The first-order chi connectivity index (χ1) is 11.8. The predicted molar refractivity (Wildman–Crippen MR) is 99.0 cm³/mol. The number of ether oxygens (including phenoxy) is 1. The molecule has 0 aliphatic carbocycles. The van der Waals surface area contributed by atoms with E-state index in [1.165, 1.54) is 22.7 Å². The van der Waals surface area contributed by atoms with E-state index in [9.17, 15) is 0 Å². The minimum Gasteiger partial charge on any atom is -0.493 e. The molecule has 3 rings (SSSR count). The highest BCUT2D eigenvalue weighted by Gasteiger charge is 2.09. The van der Waals surface area contributed by atoms with Crippen LogP contribution in [0.25, 0.3) is 10.8 Å². The standard InChI is InChI=1S/C19H20ClN3O/c1-2-11-24-17-8-7-14-5-3-4-6-15(14)16(17)9-10-21-19-12-18(20)22-13-23-19/h3-8,12-13H,2,9-11H2,1H3,(H,21,22,23). The third-order valence-corrected chi connectivity index (χ3v) is 3.98. The van der Waals surface area contributed by atoms with Crippen LogP contribution in [0.2, 0.25) is 5.15 Å². The Labute approximate surface area is 146 Å². The second-order valence-corrected chi connectivity index (χ2v) is 5.90. The number of anilines is 1. The maximum absolute atomic E-state index is 5.94. The van der Waals surface area contributed by atoms with Gasteiger partial charge in [-0.05, 0) is 29.7 Å². The van der Waals surface area contributed by atoms with Crippen LogP contribution in [0.1, 0.15) is 18.9 Å². The molecule has 0 unspecified atom stereocenters. The van der Waals surface area contributed by atoms with E-state index in [2.05, 4.69) is 58.6 Å². The third kappa shape index (κ3) is 3.95. The zero-order valence-electron chi connectivity index (χ0n) is 13.6. The average Bonchev–Trinajstić information content (AvgIpc) is 2.61. The van der Waals surface area contributed by atoms with Gasteiger partial charge < -0.3 is 10.1 Å². The zero-order valence-corrected chi connectivity index (χ0v) is 14.4. The molecule has 2 aromatic carbocycles. The lowest BCUT2D eigenvalue weighted by Crippen LogP contribution is -2.08. The number of halogens is 1. The van der Waals surface area contributed by atoms with E-state index in [0.717, 1.165) is 37.6 Å². The van der Waals surface area contributed by atoms with Crippen molar-refractivity contribution >= 4 is 28.2 Å². The van der Waals surface area contributed by atoms with E-state index >= 15 is 0 Å². The zero-order chi connectivity index (χ0) is 16.8. The topological polar surface area (TPSA) is 47.0 Å². The molecule has 24 heavy (non-hydrogen) atoms. The summed E-state index contributed by atoms with van der Waals surface area (Å²) in [7, 11) is 0. The Morgan fingerprint density at radius 2 is 2.00 bits per heavy atom. The number of hydrogen-bond donors (Lipinski definition) is 1. The molecule has 124 valence electrons. The van der Waals surface area contributed by atoms with Crippen molar-refractivity contribution in [1.29, 1.82) is 0 Å². The van der Waals surface area contributed by atoms with Crippen LogP contribution in [0.4, 0.5) is 5.82 Å². The maximum Gasteiger partial charge on any atom is 0.134 e. The lowest BCUT2D eigenvalue weighted by molar-refractivity contribution is 0.315. The van der Waals surface area contributed by atoms with Gasteiger partial charge in [0.05, 0.1) is 6.61 Å². The molecule has 1 N–H and O–H groups in total. The summed E-state index contributed by atoms with van der Waals surface area (Å²) in [6, 6.07) is 14.3. The molecule has 0 saturated heterocycles. The summed E-state index contributed by atoms with van der Waals surface area (Å²) < 4.78 is 5.94. The predicted octanol–water partition coefficient (Wildman–Crippen LogP) is 4.73. The van der Waals surface area contributed by atoms with Crippen molar-refractivity contribution in [3.8, 4) is 5.75 Å². The minimum atomic E-state index is 0.435. The molecule has 1 heterocycles.